The molecule has 0 radical (unpaired) electrons. The zero-order chi connectivity index (χ0) is 11.7. The maximum Gasteiger partial charge on any atom is 0.244 e. The first-order chi connectivity index (χ1) is 8.36. The molecule has 0 aliphatic carbocycles. The van der Waals surface area contributed by atoms with Crippen molar-refractivity contribution in [2.24, 2.45) is 0 Å². The summed E-state index contributed by atoms with van der Waals surface area (Å²) < 4.78 is 0. The summed E-state index contributed by atoms with van der Waals surface area (Å²) >= 11 is 0. The van der Waals surface area contributed by atoms with Gasteiger partial charge in [-0.25, -0.2) is 0 Å². The van der Waals surface area contributed by atoms with Crippen molar-refractivity contribution in [2.45, 2.75) is 31.7 Å². The van der Waals surface area contributed by atoms with Crippen LogP contribution in [-0.4, -0.2) is 25.0 Å². The van der Waals surface area contributed by atoms with Crippen LogP contribution in [0.2, 0.25) is 0 Å². The summed E-state index contributed by atoms with van der Waals surface area (Å²) in [6, 6.07) is 8.33. The zero-order valence-electron chi connectivity index (χ0n) is 9.98. The molecular formula is C14H18N2O. The minimum absolute atomic E-state index is 0.0427. The van der Waals surface area contributed by atoms with Crippen LogP contribution in [0.3, 0.4) is 0 Å². The molecule has 2 heterocycles. The van der Waals surface area contributed by atoms with E-state index in [0.717, 1.165) is 44.5 Å². The number of hydrogen-bond acceptors (Lipinski definition) is 2. The Kier molecular flexibility index (Phi) is 2.85. The van der Waals surface area contributed by atoms with Gasteiger partial charge in [0.15, 0.2) is 0 Å². The molecule has 1 aromatic rings. The lowest BCUT2D eigenvalue weighted by Crippen LogP contribution is -2.45. The highest BCUT2D eigenvalue weighted by Crippen LogP contribution is 2.27. The quantitative estimate of drug-likeness (QED) is 0.796. The van der Waals surface area contributed by atoms with Gasteiger partial charge in [-0.3, -0.25) is 4.79 Å². The highest BCUT2D eigenvalue weighted by molar-refractivity contribution is 5.98. The van der Waals surface area contributed by atoms with Crippen LogP contribution in [0.1, 0.15) is 24.8 Å². The maximum atomic E-state index is 12.4. The number of carbonyl (C=O) groups excluding carboxylic acids is 1. The Morgan fingerprint density at radius 2 is 2.18 bits per heavy atom. The van der Waals surface area contributed by atoms with E-state index in [1.54, 1.807) is 0 Å². The van der Waals surface area contributed by atoms with Gasteiger partial charge in [0, 0.05) is 12.2 Å². The van der Waals surface area contributed by atoms with Crippen LogP contribution < -0.4 is 10.2 Å². The second kappa shape index (κ2) is 4.49. The minimum Gasteiger partial charge on any atom is -0.311 e. The molecule has 1 fully saturated rings. The summed E-state index contributed by atoms with van der Waals surface area (Å²) in [7, 11) is 0. The van der Waals surface area contributed by atoms with Crippen molar-refractivity contribution in [2.75, 3.05) is 18.0 Å². The second-order valence-corrected chi connectivity index (χ2v) is 4.87. The molecule has 1 aromatic carbocycles. The summed E-state index contributed by atoms with van der Waals surface area (Å²) in [5, 5.41) is 3.29. The lowest BCUT2D eigenvalue weighted by Gasteiger charge is -2.31. The van der Waals surface area contributed by atoms with E-state index in [9.17, 15) is 4.79 Å². The van der Waals surface area contributed by atoms with E-state index in [2.05, 4.69) is 23.5 Å². The molecule has 3 nitrogen and oxygen atoms in total. The summed E-state index contributed by atoms with van der Waals surface area (Å²) in [6.07, 6.45) is 4.27. The largest absolute Gasteiger partial charge is 0.311 e. The minimum atomic E-state index is 0.0427. The third-order valence-electron chi connectivity index (χ3n) is 3.73. The summed E-state index contributed by atoms with van der Waals surface area (Å²) in [5.74, 6) is 0.259. The number of nitrogens with one attached hydrogen (secondary N) is 1. The zero-order valence-corrected chi connectivity index (χ0v) is 9.98. The number of aryl methyl sites for hydroxylation is 1. The van der Waals surface area contributed by atoms with Crippen LogP contribution in [0.4, 0.5) is 5.69 Å². The number of nitrogens with zero attached hydrogens (tertiary/aromatic N) is 1. The first kappa shape index (κ1) is 10.8. The van der Waals surface area contributed by atoms with Crippen molar-refractivity contribution in [3.63, 3.8) is 0 Å². The summed E-state index contributed by atoms with van der Waals surface area (Å²) in [6.45, 7) is 1.85. The number of rotatable bonds is 1. The predicted molar refractivity (Wildman–Crippen MR) is 68.1 cm³/mol. The number of carbonyl (C=O) groups is 1. The van der Waals surface area contributed by atoms with E-state index in [-0.39, 0.29) is 11.9 Å². The molecule has 2 aliphatic rings. The average molecular weight is 230 g/mol. The molecule has 0 spiro atoms. The molecule has 0 saturated carbocycles. The van der Waals surface area contributed by atoms with Gasteiger partial charge < -0.3 is 10.2 Å². The monoisotopic (exact) mass is 230 g/mol. The topological polar surface area (TPSA) is 32.3 Å². The normalized spacial score (nSPS) is 23.5. The van der Waals surface area contributed by atoms with E-state index in [1.165, 1.54) is 5.56 Å². The Balaban J connectivity index is 1.86. The van der Waals surface area contributed by atoms with E-state index in [0.29, 0.717) is 0 Å². The Labute approximate surface area is 102 Å². The molecule has 1 saturated heterocycles. The van der Waals surface area contributed by atoms with Crippen molar-refractivity contribution in [1.82, 2.24) is 5.32 Å². The highest BCUT2D eigenvalue weighted by Gasteiger charge is 2.29. The predicted octanol–water partition coefficient (Wildman–Crippen LogP) is 1.72. The number of amides is 1. The van der Waals surface area contributed by atoms with Crippen molar-refractivity contribution >= 4 is 11.6 Å². The molecule has 3 rings (SSSR count). The fraction of sp³-hybridized carbons (Fsp3) is 0.500. The number of benzene rings is 1. The van der Waals surface area contributed by atoms with Gasteiger partial charge in [0.2, 0.25) is 5.91 Å². The fourth-order valence-corrected chi connectivity index (χ4v) is 2.85. The lowest BCUT2D eigenvalue weighted by molar-refractivity contribution is -0.120. The summed E-state index contributed by atoms with van der Waals surface area (Å²) in [4.78, 5) is 14.4. The molecule has 2 aliphatic heterocycles. The van der Waals surface area contributed by atoms with E-state index in [4.69, 9.17) is 0 Å². The maximum absolute atomic E-state index is 12.4. The van der Waals surface area contributed by atoms with Gasteiger partial charge in [0.25, 0.3) is 0 Å². The molecule has 1 N–H and O–H groups in total. The number of hydrogen-bond donors (Lipinski definition) is 1. The first-order valence-corrected chi connectivity index (χ1v) is 6.49. The fourth-order valence-electron chi connectivity index (χ4n) is 2.85. The van der Waals surface area contributed by atoms with Gasteiger partial charge in [0.1, 0.15) is 0 Å². The van der Waals surface area contributed by atoms with Crippen molar-refractivity contribution < 1.29 is 4.79 Å². The number of para-hydroxylation sites is 1. The standard InChI is InChI=1S/C14H18N2O/c17-14(12-7-3-9-15-12)16-10-4-6-11-5-1-2-8-13(11)16/h1-2,5,8,12,15H,3-4,6-7,9-10H2. The molecule has 17 heavy (non-hydrogen) atoms. The van der Waals surface area contributed by atoms with Crippen LogP contribution in [0, 0.1) is 0 Å². The van der Waals surface area contributed by atoms with Gasteiger partial charge in [-0.15, -0.1) is 0 Å². The highest BCUT2D eigenvalue weighted by atomic mass is 16.2. The number of fused-ring (bicyclic) bond motifs is 1. The van der Waals surface area contributed by atoms with Gasteiger partial charge in [-0.2, -0.15) is 0 Å². The SMILES string of the molecule is O=C(C1CCCN1)N1CCCc2ccccc21. The first-order valence-electron chi connectivity index (χ1n) is 6.49. The number of anilines is 1. The molecule has 0 aromatic heterocycles. The van der Waals surface area contributed by atoms with E-state index < -0.39 is 0 Å². The molecule has 3 heteroatoms. The van der Waals surface area contributed by atoms with Crippen LogP contribution >= 0.6 is 0 Å². The third-order valence-corrected chi connectivity index (χ3v) is 3.73. The molecule has 1 atom stereocenters. The second-order valence-electron chi connectivity index (χ2n) is 4.87. The average Bonchev–Trinajstić information content (AvgIpc) is 2.91. The van der Waals surface area contributed by atoms with Gasteiger partial charge in [-0.1, -0.05) is 18.2 Å². The third kappa shape index (κ3) is 1.95. The van der Waals surface area contributed by atoms with Crippen molar-refractivity contribution in [3.05, 3.63) is 29.8 Å². The Hall–Kier alpha value is -1.35. The van der Waals surface area contributed by atoms with Crippen molar-refractivity contribution in [1.29, 1.82) is 0 Å². The summed E-state index contributed by atoms with van der Waals surface area (Å²) in [5.41, 5.74) is 2.43. The Bertz CT molecular complexity index is 424. The Morgan fingerprint density at radius 1 is 1.29 bits per heavy atom. The molecule has 90 valence electrons. The van der Waals surface area contributed by atoms with Crippen LogP contribution in [-0.2, 0) is 11.2 Å². The Morgan fingerprint density at radius 3 is 3.00 bits per heavy atom. The lowest BCUT2D eigenvalue weighted by atomic mass is 10.0. The smallest absolute Gasteiger partial charge is 0.244 e. The van der Waals surface area contributed by atoms with Crippen molar-refractivity contribution in [3.8, 4) is 0 Å². The molecular weight excluding hydrogens is 212 g/mol. The molecule has 1 amide bonds. The van der Waals surface area contributed by atoms with Crippen LogP contribution in [0.25, 0.3) is 0 Å². The van der Waals surface area contributed by atoms with Gasteiger partial charge in [0.05, 0.1) is 6.04 Å². The van der Waals surface area contributed by atoms with Crippen LogP contribution in [0.5, 0.6) is 0 Å². The molecule has 0 bridgehead atoms. The van der Waals surface area contributed by atoms with E-state index >= 15 is 0 Å². The van der Waals surface area contributed by atoms with Crippen LogP contribution in [0.15, 0.2) is 24.3 Å². The van der Waals surface area contributed by atoms with Gasteiger partial charge >= 0.3 is 0 Å². The van der Waals surface area contributed by atoms with E-state index in [1.807, 2.05) is 11.0 Å². The molecule has 1 unspecified atom stereocenters. The van der Waals surface area contributed by atoms with Gasteiger partial charge in [-0.05, 0) is 43.9 Å².